The van der Waals surface area contributed by atoms with Crippen LogP contribution in [-0.2, 0) is 4.74 Å². The molecule has 0 amide bonds. The number of H-pyrrole nitrogens is 1. The normalized spacial score (nSPS) is 14.2. The van der Waals surface area contributed by atoms with Crippen LogP contribution in [0.5, 0.6) is 5.75 Å². The lowest BCUT2D eigenvalue weighted by molar-refractivity contribution is 0.0773. The zero-order valence-electron chi connectivity index (χ0n) is 17.1. The minimum Gasteiger partial charge on any atom is -0.495 e. The summed E-state index contributed by atoms with van der Waals surface area (Å²) in [4.78, 5) is 13.2. The predicted molar refractivity (Wildman–Crippen MR) is 122 cm³/mol. The average Bonchev–Trinajstić information content (AvgIpc) is 3.22. The zero-order valence-corrected chi connectivity index (χ0v) is 18.0. The van der Waals surface area contributed by atoms with Gasteiger partial charge in [-0.1, -0.05) is 6.08 Å². The van der Waals surface area contributed by atoms with Crippen molar-refractivity contribution in [3.05, 3.63) is 42.6 Å². The molecule has 0 atom stereocenters. The van der Waals surface area contributed by atoms with Gasteiger partial charge in [-0.3, -0.25) is 0 Å². The van der Waals surface area contributed by atoms with E-state index in [0.717, 1.165) is 36.9 Å². The van der Waals surface area contributed by atoms with E-state index in [-0.39, 0.29) is 0 Å². The Morgan fingerprint density at radius 1 is 1.39 bits per heavy atom. The van der Waals surface area contributed by atoms with Gasteiger partial charge in [-0.05, 0) is 30.1 Å². The molecule has 2 aromatic heterocycles. The molecular weight excluding hydrogens is 414 g/mol. The number of aromatic amines is 1. The van der Waals surface area contributed by atoms with Gasteiger partial charge in [0.1, 0.15) is 23.3 Å². The second kappa shape index (κ2) is 9.70. The van der Waals surface area contributed by atoms with Crippen LogP contribution in [0.1, 0.15) is 5.56 Å². The number of morpholine rings is 1. The highest BCUT2D eigenvalue weighted by Crippen LogP contribution is 2.34. The molecule has 0 saturated carbocycles. The summed E-state index contributed by atoms with van der Waals surface area (Å²) in [6.45, 7) is 7.52. The van der Waals surface area contributed by atoms with Crippen molar-refractivity contribution in [1.29, 1.82) is 5.26 Å². The van der Waals surface area contributed by atoms with E-state index >= 15 is 0 Å². The van der Waals surface area contributed by atoms with Gasteiger partial charge in [-0.2, -0.15) is 15.2 Å². The summed E-state index contributed by atoms with van der Waals surface area (Å²) in [6.07, 6.45) is 3.36. The number of aromatic nitrogens is 3. The van der Waals surface area contributed by atoms with Gasteiger partial charge >= 0.3 is 0 Å². The van der Waals surface area contributed by atoms with Crippen molar-refractivity contribution >= 4 is 40.4 Å². The van der Waals surface area contributed by atoms with E-state index in [9.17, 15) is 5.26 Å². The second-order valence-electron chi connectivity index (χ2n) is 6.72. The number of anilines is 3. The predicted octanol–water partition coefficient (Wildman–Crippen LogP) is 3.52. The maximum absolute atomic E-state index is 9.37. The molecule has 1 aromatic carbocycles. The third-order valence-corrected chi connectivity index (χ3v) is 5.78. The number of fused-ring (bicyclic) bond motifs is 1. The Kier molecular flexibility index (Phi) is 6.57. The van der Waals surface area contributed by atoms with Crippen LogP contribution in [0.15, 0.2) is 41.9 Å². The van der Waals surface area contributed by atoms with Crippen molar-refractivity contribution in [2.24, 2.45) is 0 Å². The van der Waals surface area contributed by atoms with Crippen LogP contribution in [0.25, 0.3) is 11.0 Å². The number of nitriles is 1. The fourth-order valence-electron chi connectivity index (χ4n) is 3.21. The van der Waals surface area contributed by atoms with Crippen molar-refractivity contribution in [1.82, 2.24) is 19.3 Å². The number of ether oxygens (including phenoxy) is 2. The molecule has 1 saturated heterocycles. The minimum absolute atomic E-state index is 0.386. The monoisotopic (exact) mass is 437 g/mol. The Labute approximate surface area is 184 Å². The summed E-state index contributed by atoms with van der Waals surface area (Å²) in [5.41, 5.74) is 1.80. The zero-order chi connectivity index (χ0) is 21.6. The van der Waals surface area contributed by atoms with Crippen LogP contribution >= 0.6 is 11.9 Å². The first kappa shape index (κ1) is 21.0. The number of hydrogen-bond acceptors (Lipinski definition) is 9. The van der Waals surface area contributed by atoms with Crippen molar-refractivity contribution in [3.63, 3.8) is 0 Å². The van der Waals surface area contributed by atoms with Gasteiger partial charge in [0.25, 0.3) is 0 Å². The van der Waals surface area contributed by atoms with E-state index in [1.807, 2.05) is 18.2 Å². The molecule has 160 valence electrons. The molecule has 1 fully saturated rings. The summed E-state index contributed by atoms with van der Waals surface area (Å²) in [6, 6.07) is 8.13. The van der Waals surface area contributed by atoms with Crippen LogP contribution in [-0.4, -0.2) is 59.2 Å². The first-order valence-corrected chi connectivity index (χ1v) is 10.6. The molecule has 10 heteroatoms. The van der Waals surface area contributed by atoms with Gasteiger partial charge in [0.2, 0.25) is 5.95 Å². The summed E-state index contributed by atoms with van der Waals surface area (Å²) in [5, 5.41) is 16.4. The molecule has 31 heavy (non-hydrogen) atoms. The maximum Gasteiger partial charge on any atom is 0.231 e. The minimum atomic E-state index is 0.386. The number of benzene rings is 1. The Bertz CT molecular complexity index is 1120. The molecule has 0 aliphatic carbocycles. The van der Waals surface area contributed by atoms with Crippen LogP contribution < -0.4 is 15.4 Å². The topological polar surface area (TPSA) is 111 Å². The summed E-state index contributed by atoms with van der Waals surface area (Å²) >= 11 is 1.69. The number of hydrogen-bond donors (Lipinski definition) is 3. The number of methoxy groups -OCH3 is 1. The Morgan fingerprint density at radius 2 is 2.23 bits per heavy atom. The molecule has 3 N–H and O–H groups in total. The lowest BCUT2D eigenvalue weighted by Gasteiger charge is -2.25. The van der Waals surface area contributed by atoms with E-state index in [0.29, 0.717) is 40.7 Å². The van der Waals surface area contributed by atoms with Crippen molar-refractivity contribution in [2.45, 2.75) is 4.90 Å². The SMILES string of the molecule is C=CCNc1nc(Nc2ccc(SN3CCOCC3)cc2OC)nc2[nH]cc(C#N)c12. The highest BCUT2D eigenvalue weighted by molar-refractivity contribution is 7.97. The number of rotatable bonds is 8. The Hall–Kier alpha value is -3.26. The maximum atomic E-state index is 9.37. The van der Waals surface area contributed by atoms with Gasteiger partial charge in [0, 0.05) is 30.7 Å². The summed E-state index contributed by atoms with van der Waals surface area (Å²) in [5.74, 6) is 1.63. The standard InChI is InChI=1S/C21H23N7O2S/c1-3-6-23-19-18-14(12-22)13-24-20(18)27-21(26-19)25-16-5-4-15(11-17(16)29-2)31-28-7-9-30-10-8-28/h3-5,11,13H,1,6-10H2,2H3,(H3,23,24,25,26,27). The van der Waals surface area contributed by atoms with Crippen molar-refractivity contribution in [3.8, 4) is 11.8 Å². The fraction of sp³-hybridized carbons (Fsp3) is 0.286. The summed E-state index contributed by atoms with van der Waals surface area (Å²) < 4.78 is 13.3. The molecule has 0 bridgehead atoms. The first-order chi connectivity index (χ1) is 15.2. The first-order valence-electron chi connectivity index (χ1n) is 9.81. The van der Waals surface area contributed by atoms with Crippen molar-refractivity contribution in [2.75, 3.05) is 50.6 Å². The molecule has 0 unspecified atom stereocenters. The van der Waals surface area contributed by atoms with Gasteiger partial charge < -0.3 is 25.1 Å². The molecule has 3 heterocycles. The lowest BCUT2D eigenvalue weighted by atomic mass is 10.2. The Morgan fingerprint density at radius 3 is 2.97 bits per heavy atom. The lowest BCUT2D eigenvalue weighted by Crippen LogP contribution is -2.30. The van der Waals surface area contributed by atoms with E-state index in [1.54, 1.807) is 31.3 Å². The second-order valence-corrected chi connectivity index (χ2v) is 7.89. The van der Waals surface area contributed by atoms with Gasteiger partial charge in [0.05, 0.1) is 37.0 Å². The summed E-state index contributed by atoms with van der Waals surface area (Å²) in [7, 11) is 1.63. The quantitative estimate of drug-likeness (QED) is 0.360. The molecular formula is C21H23N7O2S. The number of nitrogens with zero attached hydrogens (tertiary/aromatic N) is 4. The fourth-order valence-corrected chi connectivity index (χ4v) is 4.13. The van der Waals surface area contributed by atoms with Gasteiger partial charge in [-0.15, -0.1) is 6.58 Å². The molecule has 1 aliphatic heterocycles. The molecule has 1 aliphatic rings. The Balaban J connectivity index is 1.60. The van der Waals surface area contributed by atoms with Crippen LogP contribution in [0.3, 0.4) is 0 Å². The third kappa shape index (κ3) is 4.74. The van der Waals surface area contributed by atoms with E-state index in [4.69, 9.17) is 9.47 Å². The van der Waals surface area contributed by atoms with E-state index in [2.05, 4.69) is 42.5 Å². The van der Waals surface area contributed by atoms with Crippen molar-refractivity contribution < 1.29 is 9.47 Å². The van der Waals surface area contributed by atoms with Gasteiger partial charge in [-0.25, -0.2) is 4.31 Å². The van der Waals surface area contributed by atoms with Gasteiger partial charge in [0.15, 0.2) is 0 Å². The highest BCUT2D eigenvalue weighted by Gasteiger charge is 2.16. The largest absolute Gasteiger partial charge is 0.495 e. The van der Waals surface area contributed by atoms with Crippen LogP contribution in [0, 0.1) is 11.3 Å². The van der Waals surface area contributed by atoms with E-state index < -0.39 is 0 Å². The van der Waals surface area contributed by atoms with Crippen LogP contribution in [0.4, 0.5) is 17.5 Å². The smallest absolute Gasteiger partial charge is 0.231 e. The average molecular weight is 438 g/mol. The molecule has 9 nitrogen and oxygen atoms in total. The molecule has 3 aromatic rings. The molecule has 4 rings (SSSR count). The molecule has 0 spiro atoms. The van der Waals surface area contributed by atoms with E-state index in [1.165, 1.54) is 0 Å². The number of nitrogens with one attached hydrogen (secondary N) is 3. The van der Waals surface area contributed by atoms with Crippen LogP contribution in [0.2, 0.25) is 0 Å². The highest BCUT2D eigenvalue weighted by atomic mass is 32.2. The third-order valence-electron chi connectivity index (χ3n) is 4.69. The molecule has 0 radical (unpaired) electrons.